The second-order valence-electron chi connectivity index (χ2n) is 5.77. The van der Waals surface area contributed by atoms with E-state index in [0.29, 0.717) is 11.3 Å². The second-order valence-corrected chi connectivity index (χ2v) is 5.77. The normalized spacial score (nSPS) is 17.0. The lowest BCUT2D eigenvalue weighted by Crippen LogP contribution is -2.31. The number of aromatic nitrogens is 1. The van der Waals surface area contributed by atoms with E-state index in [1.165, 1.54) is 17.2 Å². The molecule has 3 aromatic rings. The van der Waals surface area contributed by atoms with Gasteiger partial charge in [0.1, 0.15) is 0 Å². The lowest BCUT2D eigenvalue weighted by atomic mass is 9.96. The Morgan fingerprint density at radius 2 is 1.88 bits per heavy atom. The van der Waals surface area contributed by atoms with Gasteiger partial charge in [-0.15, -0.1) is 0 Å². The summed E-state index contributed by atoms with van der Waals surface area (Å²) in [6.45, 7) is 0. The summed E-state index contributed by atoms with van der Waals surface area (Å²) in [6.07, 6.45) is 4.54. The lowest BCUT2D eigenvalue weighted by Gasteiger charge is -2.26. The molecule has 1 aliphatic heterocycles. The summed E-state index contributed by atoms with van der Waals surface area (Å²) in [6, 6.07) is 14.6. The summed E-state index contributed by atoms with van der Waals surface area (Å²) < 4.78 is 5.18. The number of furan rings is 1. The first-order valence-electron chi connectivity index (χ1n) is 7.98. The molecule has 0 unspecified atom stereocenters. The molecule has 1 N–H and O–H groups in total. The summed E-state index contributed by atoms with van der Waals surface area (Å²) >= 11 is 0. The van der Waals surface area contributed by atoms with Crippen molar-refractivity contribution in [1.29, 1.82) is 0 Å². The molecular formula is C20H14N2O4. The average Bonchev–Trinajstić information content (AvgIpc) is 3.31. The van der Waals surface area contributed by atoms with E-state index in [4.69, 9.17) is 4.42 Å². The van der Waals surface area contributed by atoms with Gasteiger partial charge in [-0.2, -0.15) is 0 Å². The molecule has 0 saturated heterocycles. The van der Waals surface area contributed by atoms with E-state index in [-0.39, 0.29) is 11.3 Å². The number of carbonyl (C=O) groups is 2. The molecule has 26 heavy (non-hydrogen) atoms. The van der Waals surface area contributed by atoms with Gasteiger partial charge in [0.25, 0.3) is 5.91 Å². The number of Topliss-reactive ketones (excluding diaryl/α,β-unsaturated/α-hetero) is 1. The van der Waals surface area contributed by atoms with Crippen molar-refractivity contribution in [3.8, 4) is 0 Å². The van der Waals surface area contributed by atoms with E-state index in [1.807, 2.05) is 6.07 Å². The molecule has 0 saturated carbocycles. The molecule has 1 aliphatic rings. The zero-order valence-corrected chi connectivity index (χ0v) is 13.6. The molecule has 0 fully saturated rings. The third kappa shape index (κ3) is 2.48. The van der Waals surface area contributed by atoms with Crippen molar-refractivity contribution in [1.82, 2.24) is 4.98 Å². The number of aliphatic hydroxyl groups is 1. The molecule has 1 aromatic carbocycles. The second kappa shape index (κ2) is 6.33. The van der Waals surface area contributed by atoms with Crippen molar-refractivity contribution < 1.29 is 19.1 Å². The van der Waals surface area contributed by atoms with Crippen LogP contribution in [0.3, 0.4) is 0 Å². The number of aliphatic hydroxyl groups excluding tert-OH is 1. The zero-order chi connectivity index (χ0) is 18.1. The van der Waals surface area contributed by atoms with Gasteiger partial charge < -0.3 is 9.52 Å². The van der Waals surface area contributed by atoms with Crippen LogP contribution in [0, 0.1) is 0 Å². The molecule has 0 spiro atoms. The number of pyridine rings is 1. The van der Waals surface area contributed by atoms with E-state index in [9.17, 15) is 14.7 Å². The van der Waals surface area contributed by atoms with Crippen molar-refractivity contribution in [2.24, 2.45) is 0 Å². The molecule has 4 rings (SSSR count). The number of para-hydroxylation sites is 1. The predicted octanol–water partition coefficient (Wildman–Crippen LogP) is 3.46. The van der Waals surface area contributed by atoms with Crippen LogP contribution in [0.2, 0.25) is 0 Å². The largest absolute Gasteiger partial charge is 0.503 e. The molecule has 0 radical (unpaired) electrons. The Balaban J connectivity index is 1.88. The van der Waals surface area contributed by atoms with E-state index >= 15 is 0 Å². The van der Waals surface area contributed by atoms with Gasteiger partial charge in [-0.1, -0.05) is 24.3 Å². The molecule has 6 nitrogen and oxygen atoms in total. The highest BCUT2D eigenvalue weighted by Crippen LogP contribution is 2.41. The molecule has 128 valence electrons. The van der Waals surface area contributed by atoms with Crippen molar-refractivity contribution in [2.75, 3.05) is 4.90 Å². The fourth-order valence-corrected chi connectivity index (χ4v) is 3.09. The average molecular weight is 346 g/mol. The molecule has 1 atom stereocenters. The molecule has 3 heterocycles. The minimum atomic E-state index is -0.795. The van der Waals surface area contributed by atoms with Crippen LogP contribution < -0.4 is 4.90 Å². The maximum Gasteiger partial charge on any atom is 0.294 e. The molecule has 0 aliphatic carbocycles. The first-order chi connectivity index (χ1) is 12.7. The van der Waals surface area contributed by atoms with Crippen LogP contribution in [-0.2, 0) is 4.79 Å². The first-order valence-corrected chi connectivity index (χ1v) is 7.98. The number of anilines is 1. The summed E-state index contributed by atoms with van der Waals surface area (Å²) in [5.74, 6) is -1.69. The number of rotatable bonds is 4. The number of amides is 1. The molecule has 2 aromatic heterocycles. The van der Waals surface area contributed by atoms with E-state index in [1.54, 1.807) is 54.9 Å². The van der Waals surface area contributed by atoms with Crippen LogP contribution in [0.5, 0.6) is 0 Å². The minimum Gasteiger partial charge on any atom is -0.503 e. The van der Waals surface area contributed by atoms with Crippen LogP contribution in [0.4, 0.5) is 5.69 Å². The van der Waals surface area contributed by atoms with Crippen molar-refractivity contribution in [2.45, 2.75) is 6.04 Å². The third-order valence-corrected chi connectivity index (χ3v) is 4.23. The topological polar surface area (TPSA) is 83.6 Å². The van der Waals surface area contributed by atoms with Crippen molar-refractivity contribution >= 4 is 17.4 Å². The van der Waals surface area contributed by atoms with Gasteiger partial charge >= 0.3 is 0 Å². The van der Waals surface area contributed by atoms with Gasteiger partial charge in [0.15, 0.2) is 11.5 Å². The van der Waals surface area contributed by atoms with Gasteiger partial charge in [0.2, 0.25) is 5.78 Å². The number of hydrogen-bond donors (Lipinski definition) is 1. The lowest BCUT2D eigenvalue weighted by molar-refractivity contribution is -0.117. The first kappa shape index (κ1) is 15.8. The van der Waals surface area contributed by atoms with Crippen LogP contribution >= 0.6 is 0 Å². The summed E-state index contributed by atoms with van der Waals surface area (Å²) in [7, 11) is 0. The number of benzene rings is 1. The van der Waals surface area contributed by atoms with Crippen LogP contribution in [0.25, 0.3) is 0 Å². The smallest absolute Gasteiger partial charge is 0.294 e. The number of carbonyl (C=O) groups excluding carboxylic acids is 2. The van der Waals surface area contributed by atoms with Gasteiger partial charge in [-0.25, -0.2) is 0 Å². The van der Waals surface area contributed by atoms with Crippen LogP contribution in [-0.4, -0.2) is 21.8 Å². The highest BCUT2D eigenvalue weighted by Gasteiger charge is 2.45. The Labute approximate surface area is 149 Å². The number of ketones is 1. The maximum absolute atomic E-state index is 12.9. The Bertz CT molecular complexity index is 979. The van der Waals surface area contributed by atoms with Gasteiger partial charge in [0.05, 0.1) is 17.9 Å². The fraction of sp³-hybridized carbons (Fsp3) is 0.0500. The maximum atomic E-state index is 12.9. The Morgan fingerprint density at radius 3 is 2.54 bits per heavy atom. The molecule has 1 amide bonds. The number of nitrogens with zero attached hydrogens (tertiary/aromatic N) is 2. The van der Waals surface area contributed by atoms with Crippen LogP contribution in [0.1, 0.15) is 22.2 Å². The SMILES string of the molecule is O=C(C1=C(O)C(=O)N(c2ccccc2)[C@@H]1c1cccnc1)c1ccco1. The highest BCUT2D eigenvalue weighted by molar-refractivity contribution is 6.20. The van der Waals surface area contributed by atoms with Crippen LogP contribution in [0.15, 0.2) is 89.0 Å². The minimum absolute atomic E-state index is 0.0261. The summed E-state index contributed by atoms with van der Waals surface area (Å²) in [5, 5.41) is 10.5. The van der Waals surface area contributed by atoms with E-state index in [0.717, 1.165) is 0 Å². The Kier molecular flexibility index (Phi) is 3.85. The van der Waals surface area contributed by atoms with Gasteiger partial charge in [-0.05, 0) is 35.9 Å². The highest BCUT2D eigenvalue weighted by atomic mass is 16.3. The molecule has 0 bridgehead atoms. The van der Waals surface area contributed by atoms with Gasteiger partial charge in [-0.3, -0.25) is 19.5 Å². The molecular weight excluding hydrogens is 332 g/mol. The quantitative estimate of drug-likeness (QED) is 0.732. The fourth-order valence-electron chi connectivity index (χ4n) is 3.09. The summed E-state index contributed by atoms with van der Waals surface area (Å²) in [5.41, 5.74) is 1.16. The van der Waals surface area contributed by atoms with E-state index in [2.05, 4.69) is 4.98 Å². The Hall–Kier alpha value is -3.67. The van der Waals surface area contributed by atoms with Crippen molar-refractivity contribution in [3.63, 3.8) is 0 Å². The Morgan fingerprint density at radius 1 is 1.08 bits per heavy atom. The van der Waals surface area contributed by atoms with E-state index < -0.39 is 23.5 Å². The molecule has 6 heteroatoms. The standard InChI is InChI=1S/C20H14N2O4/c23-18(15-9-5-11-26-15)16-17(13-6-4-10-21-12-13)22(20(25)19(16)24)14-7-2-1-3-8-14/h1-12,17,24H/t17-/m1/s1. The monoisotopic (exact) mass is 346 g/mol. The van der Waals surface area contributed by atoms with Crippen molar-refractivity contribution in [3.05, 3.63) is 95.9 Å². The number of hydrogen-bond acceptors (Lipinski definition) is 5. The predicted molar refractivity (Wildman–Crippen MR) is 93.6 cm³/mol. The van der Waals surface area contributed by atoms with Gasteiger partial charge in [0, 0.05) is 18.1 Å². The zero-order valence-electron chi connectivity index (χ0n) is 13.6. The summed E-state index contributed by atoms with van der Waals surface area (Å²) in [4.78, 5) is 31.2. The third-order valence-electron chi connectivity index (χ3n) is 4.23.